The number of rotatable bonds is 8. The Bertz CT molecular complexity index is 1520. The van der Waals surface area contributed by atoms with Crippen molar-refractivity contribution in [3.8, 4) is 23.0 Å². The number of carbonyl (C=O) groups is 1. The minimum Gasteiger partial charge on any atom is -0.455 e. The Labute approximate surface area is 214 Å². The first-order valence-electron chi connectivity index (χ1n) is 11.8. The maximum atomic E-state index is 12.9. The molecule has 10 nitrogen and oxygen atoms in total. The highest BCUT2D eigenvalue weighted by Gasteiger charge is 2.33. The van der Waals surface area contributed by atoms with E-state index in [0.717, 1.165) is 23.9 Å². The Morgan fingerprint density at radius 1 is 1.19 bits per heavy atom. The van der Waals surface area contributed by atoms with E-state index in [2.05, 4.69) is 15.3 Å². The normalized spacial score (nSPS) is 15.7. The minimum absolute atomic E-state index is 0.123. The lowest BCUT2D eigenvalue weighted by molar-refractivity contribution is -0.123. The van der Waals surface area contributed by atoms with E-state index in [0.29, 0.717) is 41.5 Å². The van der Waals surface area contributed by atoms with E-state index < -0.39 is 9.84 Å². The Morgan fingerprint density at radius 2 is 2.00 bits per heavy atom. The molecule has 0 radical (unpaired) electrons. The molecule has 1 amide bonds. The van der Waals surface area contributed by atoms with Crippen LogP contribution >= 0.6 is 0 Å². The number of carbonyl (C=O) groups excluding carboxylic acids is 1. The predicted octanol–water partition coefficient (Wildman–Crippen LogP) is 3.51. The van der Waals surface area contributed by atoms with Crippen LogP contribution in [0.2, 0.25) is 0 Å². The fourth-order valence-corrected chi connectivity index (χ4v) is 5.06. The van der Waals surface area contributed by atoms with Gasteiger partial charge in [0.2, 0.25) is 5.91 Å². The van der Waals surface area contributed by atoms with Gasteiger partial charge in [0.25, 0.3) is 0 Å². The minimum atomic E-state index is -3.33. The second kappa shape index (κ2) is 10.2. The van der Waals surface area contributed by atoms with Crippen LogP contribution in [0.4, 0.5) is 5.69 Å². The molecule has 2 N–H and O–H groups in total. The molecule has 1 fully saturated rings. The summed E-state index contributed by atoms with van der Waals surface area (Å²) in [5, 5.41) is 2.80. The highest BCUT2D eigenvalue weighted by atomic mass is 32.2. The Hall–Kier alpha value is -3.96. The number of benzene rings is 2. The summed E-state index contributed by atoms with van der Waals surface area (Å²) in [7, 11) is -1.80. The van der Waals surface area contributed by atoms with Gasteiger partial charge < -0.3 is 24.7 Å². The Kier molecular flexibility index (Phi) is 6.81. The number of hydrogen-bond donors (Lipinski definition) is 2. The van der Waals surface area contributed by atoms with Crippen molar-refractivity contribution < 1.29 is 22.7 Å². The number of ether oxygens (including phenoxy) is 2. The molecule has 2 aromatic heterocycles. The van der Waals surface area contributed by atoms with Crippen molar-refractivity contribution in [2.75, 3.05) is 31.5 Å². The van der Waals surface area contributed by atoms with Gasteiger partial charge in [0, 0.05) is 32.2 Å². The lowest BCUT2D eigenvalue weighted by Gasteiger charge is -2.27. The van der Waals surface area contributed by atoms with Gasteiger partial charge in [-0.3, -0.25) is 9.78 Å². The van der Waals surface area contributed by atoms with E-state index in [9.17, 15) is 13.2 Å². The van der Waals surface area contributed by atoms with Crippen LogP contribution in [0.3, 0.4) is 0 Å². The molecule has 2 aromatic carbocycles. The molecule has 0 spiro atoms. The standard InChI is InChI=1S/C26H27N5O5S/c1-35-16-28-26(32)22-7-5-13-31(22)23-14-20-21(30-25(29-20)19-6-3-4-12-27-19)15-24(23)36-17-8-10-18(11-9-17)37(2,33)34/h3-4,6,8-12,14-15,22H,5,7,13,16H2,1-2H3,(H,28,32)(H,29,30)/t22-/m1/s1. The Morgan fingerprint density at radius 3 is 2.70 bits per heavy atom. The highest BCUT2D eigenvalue weighted by molar-refractivity contribution is 7.90. The van der Waals surface area contributed by atoms with Crippen LogP contribution in [0.15, 0.2) is 65.7 Å². The summed E-state index contributed by atoms with van der Waals surface area (Å²) >= 11 is 0. The van der Waals surface area contributed by atoms with Crippen LogP contribution in [0, 0.1) is 0 Å². The summed E-state index contributed by atoms with van der Waals surface area (Å²) < 4.78 is 35.0. The SMILES string of the molecule is COCNC(=O)[C@H]1CCCN1c1cc2[nH]c(-c3ccccn3)nc2cc1Oc1ccc(S(C)(=O)=O)cc1. The summed E-state index contributed by atoms with van der Waals surface area (Å²) in [6.07, 6.45) is 4.40. The summed E-state index contributed by atoms with van der Waals surface area (Å²) in [6.45, 7) is 0.799. The monoisotopic (exact) mass is 521 g/mol. The number of hydrogen-bond acceptors (Lipinski definition) is 8. The maximum Gasteiger partial charge on any atom is 0.244 e. The second-order valence-corrected chi connectivity index (χ2v) is 10.8. The van der Waals surface area contributed by atoms with E-state index in [-0.39, 0.29) is 23.6 Å². The van der Waals surface area contributed by atoms with Gasteiger partial charge in [-0.15, -0.1) is 0 Å². The third kappa shape index (κ3) is 5.27. The van der Waals surface area contributed by atoms with Crippen molar-refractivity contribution in [3.05, 3.63) is 60.8 Å². The number of aromatic amines is 1. The molecule has 1 saturated heterocycles. The molecule has 11 heteroatoms. The topological polar surface area (TPSA) is 127 Å². The number of sulfone groups is 1. The Balaban J connectivity index is 1.56. The number of aromatic nitrogens is 3. The quantitative estimate of drug-likeness (QED) is 0.337. The van der Waals surface area contributed by atoms with E-state index in [1.807, 2.05) is 35.2 Å². The molecule has 5 rings (SSSR count). The molecule has 1 atom stereocenters. The van der Waals surface area contributed by atoms with Crippen molar-refractivity contribution >= 4 is 32.5 Å². The first-order chi connectivity index (χ1) is 17.8. The van der Waals surface area contributed by atoms with Crippen LogP contribution in [-0.4, -0.2) is 62.0 Å². The van der Waals surface area contributed by atoms with E-state index in [1.165, 1.54) is 19.2 Å². The van der Waals surface area contributed by atoms with E-state index in [4.69, 9.17) is 14.5 Å². The smallest absolute Gasteiger partial charge is 0.244 e. The largest absolute Gasteiger partial charge is 0.455 e. The number of pyridine rings is 1. The van der Waals surface area contributed by atoms with Gasteiger partial charge in [-0.05, 0) is 55.3 Å². The lowest BCUT2D eigenvalue weighted by atomic mass is 10.1. The molecule has 37 heavy (non-hydrogen) atoms. The van der Waals surface area contributed by atoms with Gasteiger partial charge in [0.05, 0.1) is 21.6 Å². The van der Waals surface area contributed by atoms with Crippen LogP contribution in [0.5, 0.6) is 11.5 Å². The molecule has 0 unspecified atom stereocenters. The van der Waals surface area contributed by atoms with Crippen LogP contribution in [-0.2, 0) is 19.4 Å². The van der Waals surface area contributed by atoms with E-state index >= 15 is 0 Å². The van der Waals surface area contributed by atoms with Crippen molar-refractivity contribution in [1.29, 1.82) is 0 Å². The van der Waals surface area contributed by atoms with Crippen molar-refractivity contribution in [2.45, 2.75) is 23.8 Å². The molecule has 0 bridgehead atoms. The van der Waals surface area contributed by atoms with Gasteiger partial charge >= 0.3 is 0 Å². The number of methoxy groups -OCH3 is 1. The molecular formula is C26H27N5O5S. The summed E-state index contributed by atoms with van der Waals surface area (Å²) in [5.41, 5.74) is 2.88. The third-order valence-electron chi connectivity index (χ3n) is 6.21. The molecule has 192 valence electrons. The second-order valence-electron chi connectivity index (χ2n) is 8.81. The van der Waals surface area contributed by atoms with Gasteiger partial charge in [0.1, 0.15) is 24.2 Å². The van der Waals surface area contributed by atoms with Crippen molar-refractivity contribution in [3.63, 3.8) is 0 Å². The number of nitrogens with one attached hydrogen (secondary N) is 2. The molecule has 3 heterocycles. The zero-order chi connectivity index (χ0) is 26.0. The average molecular weight is 522 g/mol. The summed E-state index contributed by atoms with van der Waals surface area (Å²) in [5.74, 6) is 1.46. The van der Waals surface area contributed by atoms with E-state index in [1.54, 1.807) is 18.3 Å². The molecule has 4 aromatic rings. The zero-order valence-electron chi connectivity index (χ0n) is 20.5. The highest BCUT2D eigenvalue weighted by Crippen LogP contribution is 2.39. The first-order valence-corrected chi connectivity index (χ1v) is 13.7. The summed E-state index contributed by atoms with van der Waals surface area (Å²) in [4.78, 5) is 27.5. The predicted molar refractivity (Wildman–Crippen MR) is 139 cm³/mol. The zero-order valence-corrected chi connectivity index (χ0v) is 21.3. The van der Waals surface area contributed by atoms with Gasteiger partial charge in [-0.2, -0.15) is 0 Å². The number of imidazole rings is 1. The number of anilines is 1. The van der Waals surface area contributed by atoms with Crippen molar-refractivity contribution in [1.82, 2.24) is 20.3 Å². The third-order valence-corrected chi connectivity index (χ3v) is 7.33. The molecule has 1 aliphatic heterocycles. The summed E-state index contributed by atoms with van der Waals surface area (Å²) in [6, 6.07) is 15.2. The van der Waals surface area contributed by atoms with Gasteiger partial charge in [0.15, 0.2) is 21.4 Å². The lowest BCUT2D eigenvalue weighted by Crippen LogP contribution is -2.44. The average Bonchev–Trinajstić information content (AvgIpc) is 3.54. The van der Waals surface area contributed by atoms with Gasteiger partial charge in [-0.1, -0.05) is 6.07 Å². The van der Waals surface area contributed by atoms with Crippen molar-refractivity contribution in [2.24, 2.45) is 0 Å². The molecule has 0 saturated carbocycles. The van der Waals surface area contributed by atoms with Crippen LogP contribution < -0.4 is 15.0 Å². The fourth-order valence-electron chi connectivity index (χ4n) is 4.43. The molecule has 1 aliphatic rings. The fraction of sp³-hybridized carbons (Fsp3) is 0.269. The molecule has 0 aliphatic carbocycles. The maximum absolute atomic E-state index is 12.9. The number of H-pyrrole nitrogens is 1. The van der Waals surface area contributed by atoms with Gasteiger partial charge in [-0.25, -0.2) is 13.4 Å². The number of nitrogens with zero attached hydrogens (tertiary/aromatic N) is 3. The first kappa shape index (κ1) is 24.7. The number of amides is 1. The molecular weight excluding hydrogens is 494 g/mol. The van der Waals surface area contributed by atoms with Crippen LogP contribution in [0.25, 0.3) is 22.6 Å². The number of fused-ring (bicyclic) bond motifs is 1. The van der Waals surface area contributed by atoms with Crippen LogP contribution in [0.1, 0.15) is 12.8 Å².